The van der Waals surface area contributed by atoms with E-state index in [-0.39, 0.29) is 22.6 Å². The van der Waals surface area contributed by atoms with Crippen molar-refractivity contribution >= 4 is 28.7 Å². The summed E-state index contributed by atoms with van der Waals surface area (Å²) in [6.45, 7) is 7.00. The predicted molar refractivity (Wildman–Crippen MR) is 84.2 cm³/mol. The van der Waals surface area contributed by atoms with Gasteiger partial charge in [0.05, 0.1) is 6.10 Å². The summed E-state index contributed by atoms with van der Waals surface area (Å²) in [6, 6.07) is 0. The molecule has 3 N–H and O–H groups in total. The topological polar surface area (TPSA) is 103 Å². The van der Waals surface area contributed by atoms with Crippen molar-refractivity contribution in [3.8, 4) is 0 Å². The lowest BCUT2D eigenvalue weighted by atomic mass is 9.52. The molecule has 0 unspecified atom stereocenters. The molecule has 3 rings (SSSR count). The largest absolute Gasteiger partial charge is 0.393 e. The molecule has 0 radical (unpaired) electrons. The van der Waals surface area contributed by atoms with E-state index in [1.807, 2.05) is 6.92 Å². The summed E-state index contributed by atoms with van der Waals surface area (Å²) in [5.41, 5.74) is 6.82. The van der Waals surface area contributed by atoms with Crippen LogP contribution < -0.4 is 5.73 Å². The van der Waals surface area contributed by atoms with E-state index in [0.717, 1.165) is 12.8 Å². The molecule has 2 heterocycles. The van der Waals surface area contributed by atoms with Crippen LogP contribution in [0.25, 0.3) is 11.2 Å². The number of aromatic nitrogens is 5. The molecule has 0 aromatic carbocycles. The maximum atomic E-state index is 9.81. The van der Waals surface area contributed by atoms with Crippen molar-refractivity contribution in [2.75, 3.05) is 5.73 Å². The Hall–Kier alpha value is -1.47. The smallest absolute Gasteiger partial charge is 0.223 e. The van der Waals surface area contributed by atoms with E-state index in [0.29, 0.717) is 29.5 Å². The number of halogens is 1. The van der Waals surface area contributed by atoms with Gasteiger partial charge in [0.25, 0.3) is 0 Å². The van der Waals surface area contributed by atoms with Crippen LogP contribution >= 0.6 is 11.6 Å². The summed E-state index contributed by atoms with van der Waals surface area (Å²) in [5, 5.41) is 18.2. The molecule has 1 aliphatic rings. The Balaban J connectivity index is 1.73. The maximum absolute atomic E-state index is 9.81. The molecule has 1 fully saturated rings. The van der Waals surface area contributed by atoms with Crippen LogP contribution in [0.15, 0.2) is 0 Å². The van der Waals surface area contributed by atoms with Crippen molar-refractivity contribution < 1.29 is 5.11 Å². The van der Waals surface area contributed by atoms with Gasteiger partial charge >= 0.3 is 0 Å². The van der Waals surface area contributed by atoms with Crippen LogP contribution in [0.2, 0.25) is 5.15 Å². The standard InChI is InChI=1S/C14H21ClN6O/c1-7(22)9-6-8(14(9,2)3)4-5-21-12-10(19-20-21)11(15)17-13(16)18-12/h7-9,22H,4-6H2,1-3H3,(H2,16,17,18)/t7-,8+,9+/m1/s1. The van der Waals surface area contributed by atoms with Crippen LogP contribution in [-0.2, 0) is 6.54 Å². The van der Waals surface area contributed by atoms with Crippen LogP contribution in [0.3, 0.4) is 0 Å². The number of nitrogen functional groups attached to an aromatic ring is 1. The SMILES string of the molecule is C[C@@H](O)[C@@H]1C[C@H](CCn2nnc3c(Cl)nc(N)nc32)C1(C)C. The molecule has 0 amide bonds. The second kappa shape index (κ2) is 5.31. The molecule has 0 spiro atoms. The monoisotopic (exact) mass is 324 g/mol. The fourth-order valence-electron chi connectivity index (χ4n) is 3.63. The number of anilines is 1. The van der Waals surface area contributed by atoms with Gasteiger partial charge in [-0.3, -0.25) is 0 Å². The highest BCUT2D eigenvalue weighted by Crippen LogP contribution is 2.54. The van der Waals surface area contributed by atoms with Crippen LogP contribution in [0, 0.1) is 17.3 Å². The van der Waals surface area contributed by atoms with Gasteiger partial charge in [0.15, 0.2) is 16.3 Å². The van der Waals surface area contributed by atoms with E-state index in [2.05, 4.69) is 34.1 Å². The summed E-state index contributed by atoms with van der Waals surface area (Å²) in [4.78, 5) is 8.06. The van der Waals surface area contributed by atoms with E-state index in [1.54, 1.807) is 4.68 Å². The van der Waals surface area contributed by atoms with Gasteiger partial charge in [0.1, 0.15) is 0 Å². The quantitative estimate of drug-likeness (QED) is 0.832. The van der Waals surface area contributed by atoms with Gasteiger partial charge < -0.3 is 10.8 Å². The van der Waals surface area contributed by atoms with Crippen molar-refractivity contribution in [1.29, 1.82) is 0 Å². The van der Waals surface area contributed by atoms with Crippen molar-refractivity contribution in [1.82, 2.24) is 25.0 Å². The number of nitrogens with two attached hydrogens (primary N) is 1. The number of aryl methyl sites for hydroxylation is 1. The second-order valence-corrected chi connectivity index (χ2v) is 7.11. The number of rotatable bonds is 4. The Kier molecular flexibility index (Phi) is 3.72. The zero-order valence-corrected chi connectivity index (χ0v) is 13.7. The summed E-state index contributed by atoms with van der Waals surface area (Å²) in [5.74, 6) is 1.03. The Bertz CT molecular complexity index is 698. The first-order valence-corrected chi connectivity index (χ1v) is 7.88. The molecule has 2 aromatic heterocycles. The lowest BCUT2D eigenvalue weighted by Gasteiger charge is -2.54. The molecule has 1 saturated carbocycles. The van der Waals surface area contributed by atoms with Crippen molar-refractivity contribution in [2.24, 2.45) is 17.3 Å². The van der Waals surface area contributed by atoms with Crippen molar-refractivity contribution in [3.05, 3.63) is 5.15 Å². The Morgan fingerprint density at radius 3 is 2.82 bits per heavy atom. The minimum Gasteiger partial charge on any atom is -0.393 e. The number of hydrogen-bond donors (Lipinski definition) is 2. The first kappa shape index (κ1) is 15.4. The lowest BCUT2D eigenvalue weighted by molar-refractivity contribution is -0.0920. The summed E-state index contributed by atoms with van der Waals surface area (Å²) in [7, 11) is 0. The normalized spacial score (nSPS) is 25.1. The molecule has 0 aliphatic heterocycles. The number of aliphatic hydroxyl groups excluding tert-OH is 1. The van der Waals surface area contributed by atoms with Crippen molar-refractivity contribution in [2.45, 2.75) is 46.3 Å². The first-order chi connectivity index (χ1) is 10.3. The van der Waals surface area contributed by atoms with Crippen LogP contribution in [0.4, 0.5) is 5.95 Å². The van der Waals surface area contributed by atoms with Crippen LogP contribution in [0.5, 0.6) is 0 Å². The minimum absolute atomic E-state index is 0.124. The molecule has 0 saturated heterocycles. The van der Waals surface area contributed by atoms with E-state index in [4.69, 9.17) is 17.3 Å². The van der Waals surface area contributed by atoms with E-state index in [1.165, 1.54) is 0 Å². The predicted octanol–water partition coefficient (Wildman–Crippen LogP) is 1.89. The molecule has 0 bridgehead atoms. The third kappa shape index (κ3) is 2.42. The molecule has 8 heteroatoms. The number of fused-ring (bicyclic) bond motifs is 1. The highest BCUT2D eigenvalue weighted by Gasteiger charge is 2.49. The average Bonchev–Trinajstić information content (AvgIpc) is 2.80. The maximum Gasteiger partial charge on any atom is 0.223 e. The average molecular weight is 325 g/mol. The minimum atomic E-state index is -0.259. The molecule has 120 valence electrons. The zero-order chi connectivity index (χ0) is 16.1. The van der Waals surface area contributed by atoms with Crippen molar-refractivity contribution in [3.63, 3.8) is 0 Å². The lowest BCUT2D eigenvalue weighted by Crippen LogP contribution is -2.49. The third-order valence-corrected chi connectivity index (χ3v) is 5.42. The number of nitrogens with zero attached hydrogens (tertiary/aromatic N) is 5. The van der Waals surface area contributed by atoms with E-state index < -0.39 is 0 Å². The molecule has 3 atom stereocenters. The summed E-state index contributed by atoms with van der Waals surface area (Å²) >= 11 is 6.00. The van der Waals surface area contributed by atoms with Gasteiger partial charge in [0, 0.05) is 6.54 Å². The van der Waals surface area contributed by atoms with Gasteiger partial charge in [0.2, 0.25) is 5.95 Å². The highest BCUT2D eigenvalue weighted by molar-refractivity contribution is 6.33. The molecular formula is C14H21ClN6O. The Labute approximate surface area is 133 Å². The van der Waals surface area contributed by atoms with E-state index in [9.17, 15) is 5.11 Å². The van der Waals surface area contributed by atoms with Crippen LogP contribution in [-0.4, -0.2) is 36.2 Å². The fraction of sp³-hybridized carbons (Fsp3) is 0.714. The first-order valence-electron chi connectivity index (χ1n) is 7.51. The molecule has 7 nitrogen and oxygen atoms in total. The van der Waals surface area contributed by atoms with Gasteiger partial charge in [-0.25, -0.2) is 4.68 Å². The van der Waals surface area contributed by atoms with Gasteiger partial charge in [-0.1, -0.05) is 30.7 Å². The molecular weight excluding hydrogens is 304 g/mol. The Morgan fingerprint density at radius 1 is 1.45 bits per heavy atom. The van der Waals surface area contributed by atoms with Crippen LogP contribution in [0.1, 0.15) is 33.6 Å². The third-order valence-electron chi connectivity index (χ3n) is 5.16. The molecule has 2 aromatic rings. The van der Waals surface area contributed by atoms with Gasteiger partial charge in [-0.2, -0.15) is 9.97 Å². The van der Waals surface area contributed by atoms with E-state index >= 15 is 0 Å². The molecule has 1 aliphatic carbocycles. The Morgan fingerprint density at radius 2 is 2.18 bits per heavy atom. The second-order valence-electron chi connectivity index (χ2n) is 6.75. The summed E-state index contributed by atoms with van der Waals surface area (Å²) < 4.78 is 1.73. The number of aliphatic hydroxyl groups is 1. The van der Waals surface area contributed by atoms with Gasteiger partial charge in [-0.15, -0.1) is 5.10 Å². The molecule has 22 heavy (non-hydrogen) atoms. The highest BCUT2D eigenvalue weighted by atomic mass is 35.5. The zero-order valence-electron chi connectivity index (χ0n) is 13.0. The van der Waals surface area contributed by atoms with Gasteiger partial charge in [-0.05, 0) is 37.0 Å². The summed E-state index contributed by atoms with van der Waals surface area (Å²) in [6.07, 6.45) is 1.73. The fourth-order valence-corrected chi connectivity index (χ4v) is 3.84. The number of hydrogen-bond acceptors (Lipinski definition) is 6.